The number of aromatic nitrogens is 2. The van der Waals surface area contributed by atoms with Gasteiger partial charge in [-0.15, -0.1) is 0 Å². The first-order valence-electron chi connectivity index (χ1n) is 8.31. The van der Waals surface area contributed by atoms with Crippen LogP contribution in [0, 0.1) is 9.39 Å². The van der Waals surface area contributed by atoms with Crippen molar-refractivity contribution < 1.29 is 18.7 Å². The van der Waals surface area contributed by atoms with Crippen LogP contribution in [0.25, 0.3) is 5.52 Å². The van der Waals surface area contributed by atoms with E-state index in [0.717, 1.165) is 9.09 Å². The van der Waals surface area contributed by atoms with Gasteiger partial charge in [-0.1, -0.05) is 12.6 Å². The fourth-order valence-corrected chi connectivity index (χ4v) is 3.23. The number of benzene rings is 1. The van der Waals surface area contributed by atoms with Crippen molar-refractivity contribution in [1.29, 1.82) is 0 Å². The highest BCUT2D eigenvalue weighted by molar-refractivity contribution is 14.1. The molecular formula is C20H18FIN2O3. The molecule has 0 N–H and O–H groups in total. The molecule has 140 valence electrons. The van der Waals surface area contributed by atoms with E-state index in [1.54, 1.807) is 24.7 Å². The van der Waals surface area contributed by atoms with E-state index in [9.17, 15) is 9.18 Å². The zero-order valence-electron chi connectivity index (χ0n) is 14.5. The third-order valence-corrected chi connectivity index (χ3v) is 4.73. The van der Waals surface area contributed by atoms with Gasteiger partial charge in [0.05, 0.1) is 19.2 Å². The lowest BCUT2D eigenvalue weighted by Crippen LogP contribution is -2.14. The van der Waals surface area contributed by atoms with Gasteiger partial charge >= 0.3 is 0 Å². The van der Waals surface area contributed by atoms with Gasteiger partial charge in [0.15, 0.2) is 5.78 Å². The summed E-state index contributed by atoms with van der Waals surface area (Å²) in [6.07, 6.45) is 4.89. The molecule has 3 rings (SSSR count). The summed E-state index contributed by atoms with van der Waals surface area (Å²) in [6.45, 7) is 3.99. The Hall–Kier alpha value is -2.26. The summed E-state index contributed by atoms with van der Waals surface area (Å²) >= 11 is 2.07. The Morgan fingerprint density at radius 1 is 1.30 bits per heavy atom. The van der Waals surface area contributed by atoms with Crippen LogP contribution in [0.2, 0.25) is 0 Å². The fraction of sp³-hybridized carbons (Fsp3) is 0.200. The molecule has 1 aromatic carbocycles. The van der Waals surface area contributed by atoms with Crippen LogP contribution in [0.15, 0.2) is 55.7 Å². The molecule has 0 saturated carbocycles. The van der Waals surface area contributed by atoms with Gasteiger partial charge in [0, 0.05) is 33.0 Å². The number of hydrogen-bond acceptors (Lipinski definition) is 4. The average Bonchev–Trinajstić information content (AvgIpc) is 3.02. The summed E-state index contributed by atoms with van der Waals surface area (Å²) in [5.74, 6) is -0.463. The quantitative estimate of drug-likeness (QED) is 0.201. The van der Waals surface area contributed by atoms with Gasteiger partial charge < -0.3 is 13.9 Å². The summed E-state index contributed by atoms with van der Waals surface area (Å²) in [5, 5.41) is 0. The molecule has 0 amide bonds. The smallest absolute Gasteiger partial charge is 0.190 e. The first-order chi connectivity index (χ1) is 13.1. The van der Waals surface area contributed by atoms with Crippen molar-refractivity contribution in [1.82, 2.24) is 9.38 Å². The van der Waals surface area contributed by atoms with Crippen LogP contribution >= 0.6 is 22.6 Å². The van der Waals surface area contributed by atoms with E-state index in [0.29, 0.717) is 23.4 Å². The molecular weight excluding hydrogens is 462 g/mol. The topological polar surface area (TPSA) is 52.8 Å². The minimum Gasteiger partial charge on any atom is -0.499 e. The second-order valence-corrected chi connectivity index (χ2v) is 7.05. The summed E-state index contributed by atoms with van der Waals surface area (Å²) in [5.41, 5.74) is 2.54. The minimum atomic E-state index is -0.294. The maximum Gasteiger partial charge on any atom is 0.190 e. The van der Waals surface area contributed by atoms with Gasteiger partial charge in [-0.3, -0.25) is 4.79 Å². The van der Waals surface area contributed by atoms with E-state index in [1.807, 2.05) is 16.5 Å². The largest absolute Gasteiger partial charge is 0.499 e. The predicted molar refractivity (Wildman–Crippen MR) is 108 cm³/mol. The second-order valence-electron chi connectivity index (χ2n) is 5.81. The number of carbonyl (C=O) groups is 1. The van der Waals surface area contributed by atoms with Crippen molar-refractivity contribution in [3.05, 3.63) is 81.9 Å². The molecule has 0 saturated heterocycles. The Morgan fingerprint density at radius 3 is 2.93 bits per heavy atom. The Bertz CT molecular complexity index is 971. The molecule has 0 radical (unpaired) electrons. The highest BCUT2D eigenvalue weighted by Crippen LogP contribution is 2.22. The summed E-state index contributed by atoms with van der Waals surface area (Å²) in [6, 6.07) is 8.66. The SMILES string of the molecule is C=COCCOCC(=O)c1cc2ccncn2c1Cc1ccc(I)cc1F. The summed E-state index contributed by atoms with van der Waals surface area (Å²) < 4.78 is 27.3. The fourth-order valence-electron chi connectivity index (χ4n) is 2.78. The molecule has 0 aliphatic rings. The van der Waals surface area contributed by atoms with Crippen LogP contribution in [-0.2, 0) is 15.9 Å². The Kier molecular flexibility index (Phi) is 6.57. The molecule has 0 fully saturated rings. The van der Waals surface area contributed by atoms with E-state index in [1.165, 1.54) is 12.3 Å². The molecule has 0 atom stereocenters. The molecule has 2 aromatic heterocycles. The number of hydrogen-bond donors (Lipinski definition) is 0. The first kappa shape index (κ1) is 19.5. The predicted octanol–water partition coefficient (Wildman–Crippen LogP) is 4.03. The van der Waals surface area contributed by atoms with Crippen molar-refractivity contribution in [3.63, 3.8) is 0 Å². The van der Waals surface area contributed by atoms with Crippen LogP contribution in [0.3, 0.4) is 0 Å². The van der Waals surface area contributed by atoms with Crippen molar-refractivity contribution in [2.45, 2.75) is 6.42 Å². The molecule has 27 heavy (non-hydrogen) atoms. The van der Waals surface area contributed by atoms with E-state index in [2.05, 4.69) is 34.2 Å². The van der Waals surface area contributed by atoms with Crippen LogP contribution in [0.5, 0.6) is 0 Å². The maximum absolute atomic E-state index is 14.3. The number of fused-ring (bicyclic) bond motifs is 1. The Labute approximate surface area is 170 Å². The van der Waals surface area contributed by atoms with Crippen molar-refractivity contribution >= 4 is 33.9 Å². The zero-order chi connectivity index (χ0) is 19.2. The number of Topliss-reactive ketones (excluding diaryl/α,β-unsaturated/α-hetero) is 1. The molecule has 0 spiro atoms. The third-order valence-electron chi connectivity index (χ3n) is 4.06. The van der Waals surface area contributed by atoms with Crippen LogP contribution < -0.4 is 0 Å². The lowest BCUT2D eigenvalue weighted by Gasteiger charge is -2.08. The minimum absolute atomic E-state index is 0.0764. The molecule has 0 aliphatic carbocycles. The standard InChI is InChI=1S/C20H18FIN2O3/c1-2-26-7-8-27-12-20(25)17-11-16-5-6-23-13-24(16)19(17)9-14-3-4-15(22)10-18(14)21/h2-6,10-11,13H,1,7-9,12H2. The first-order valence-corrected chi connectivity index (χ1v) is 9.39. The lowest BCUT2D eigenvalue weighted by molar-refractivity contribution is 0.0638. The molecule has 2 heterocycles. The van der Waals surface area contributed by atoms with Gasteiger partial charge in [0.1, 0.15) is 19.0 Å². The van der Waals surface area contributed by atoms with Gasteiger partial charge in [-0.25, -0.2) is 9.37 Å². The highest BCUT2D eigenvalue weighted by atomic mass is 127. The van der Waals surface area contributed by atoms with E-state index in [4.69, 9.17) is 9.47 Å². The van der Waals surface area contributed by atoms with Crippen molar-refractivity contribution in [2.75, 3.05) is 19.8 Å². The zero-order valence-corrected chi connectivity index (χ0v) is 16.7. The molecule has 3 aromatic rings. The lowest BCUT2D eigenvalue weighted by atomic mass is 10.0. The molecule has 5 nitrogen and oxygen atoms in total. The van der Waals surface area contributed by atoms with Crippen molar-refractivity contribution in [3.8, 4) is 0 Å². The highest BCUT2D eigenvalue weighted by Gasteiger charge is 2.18. The Morgan fingerprint density at radius 2 is 2.15 bits per heavy atom. The van der Waals surface area contributed by atoms with Gasteiger partial charge in [0.25, 0.3) is 0 Å². The maximum atomic E-state index is 14.3. The van der Waals surface area contributed by atoms with E-state index >= 15 is 0 Å². The van der Waals surface area contributed by atoms with E-state index < -0.39 is 0 Å². The number of nitrogens with zero attached hydrogens (tertiary/aromatic N) is 2. The normalized spacial score (nSPS) is 10.9. The average molecular weight is 480 g/mol. The summed E-state index contributed by atoms with van der Waals surface area (Å²) in [4.78, 5) is 16.8. The van der Waals surface area contributed by atoms with Crippen LogP contribution in [-0.4, -0.2) is 35.0 Å². The third kappa shape index (κ3) is 4.72. The van der Waals surface area contributed by atoms with Crippen LogP contribution in [0.1, 0.15) is 21.6 Å². The van der Waals surface area contributed by atoms with Gasteiger partial charge in [0.2, 0.25) is 0 Å². The van der Waals surface area contributed by atoms with Gasteiger partial charge in [-0.05, 0) is 52.4 Å². The number of ether oxygens (including phenoxy) is 2. The van der Waals surface area contributed by atoms with Crippen molar-refractivity contribution in [2.24, 2.45) is 0 Å². The Balaban J connectivity index is 1.87. The molecule has 0 unspecified atom stereocenters. The van der Waals surface area contributed by atoms with Gasteiger partial charge in [-0.2, -0.15) is 0 Å². The summed E-state index contributed by atoms with van der Waals surface area (Å²) in [7, 11) is 0. The number of carbonyl (C=O) groups excluding carboxylic acids is 1. The number of ketones is 1. The molecule has 0 aliphatic heterocycles. The molecule has 0 bridgehead atoms. The number of halogens is 2. The van der Waals surface area contributed by atoms with Crippen LogP contribution in [0.4, 0.5) is 4.39 Å². The second kappa shape index (κ2) is 9.09. The monoisotopic (exact) mass is 480 g/mol. The molecule has 7 heteroatoms. The number of rotatable bonds is 9. The van der Waals surface area contributed by atoms with E-state index in [-0.39, 0.29) is 31.2 Å².